The van der Waals surface area contributed by atoms with Crippen molar-refractivity contribution in [3.05, 3.63) is 95.3 Å². The average molecular weight is 483 g/mol. The third-order valence-electron chi connectivity index (χ3n) is 7.68. The number of hydrogen-bond donors (Lipinski definition) is 1. The number of carbonyl (C=O) groups is 3. The van der Waals surface area contributed by atoms with E-state index in [2.05, 4.69) is 5.32 Å². The number of ether oxygens (including phenoxy) is 1. The van der Waals surface area contributed by atoms with E-state index in [4.69, 9.17) is 4.74 Å². The number of ketones is 2. The van der Waals surface area contributed by atoms with Crippen molar-refractivity contribution >= 4 is 34.9 Å². The normalized spacial score (nSPS) is 25.2. The van der Waals surface area contributed by atoms with Crippen molar-refractivity contribution in [3.8, 4) is 5.75 Å². The third-order valence-corrected chi connectivity index (χ3v) is 7.68. The molecule has 3 aromatic carbocycles. The number of rotatable bonds is 4. The Kier molecular flexibility index (Phi) is 4.86. The van der Waals surface area contributed by atoms with E-state index in [-0.39, 0.29) is 17.3 Å². The van der Waals surface area contributed by atoms with Crippen LogP contribution >= 0.6 is 0 Å². The molecule has 0 bridgehead atoms. The number of methoxy groups -OCH3 is 1. The molecular formula is C29H23FN2O4. The summed E-state index contributed by atoms with van der Waals surface area (Å²) in [6.07, 6.45) is 3.76. The monoisotopic (exact) mass is 482 g/mol. The molecule has 1 N–H and O–H groups in total. The molecule has 1 saturated heterocycles. The Hall–Kier alpha value is -4.26. The van der Waals surface area contributed by atoms with Crippen molar-refractivity contribution in [1.82, 2.24) is 0 Å². The van der Waals surface area contributed by atoms with Crippen molar-refractivity contribution in [2.75, 3.05) is 17.3 Å². The van der Waals surface area contributed by atoms with Crippen molar-refractivity contribution in [2.45, 2.75) is 24.4 Å². The van der Waals surface area contributed by atoms with Crippen molar-refractivity contribution in [1.29, 1.82) is 0 Å². The molecule has 3 heterocycles. The highest BCUT2D eigenvalue weighted by Crippen LogP contribution is 2.58. The number of amides is 1. The minimum absolute atomic E-state index is 0.135. The fourth-order valence-corrected chi connectivity index (χ4v) is 6.27. The van der Waals surface area contributed by atoms with Gasteiger partial charge in [-0.25, -0.2) is 4.39 Å². The van der Waals surface area contributed by atoms with E-state index in [0.717, 1.165) is 5.56 Å². The average Bonchev–Trinajstić information content (AvgIpc) is 3.36. The Bertz CT molecular complexity index is 1480. The molecule has 7 heteroatoms. The van der Waals surface area contributed by atoms with Crippen LogP contribution in [0.25, 0.3) is 6.08 Å². The van der Waals surface area contributed by atoms with Crippen LogP contribution in [0.15, 0.2) is 72.8 Å². The van der Waals surface area contributed by atoms with Crippen molar-refractivity contribution in [2.24, 2.45) is 5.92 Å². The summed E-state index contributed by atoms with van der Waals surface area (Å²) in [5.41, 5.74) is 1.17. The molecule has 1 amide bonds. The summed E-state index contributed by atoms with van der Waals surface area (Å²) in [5, 5.41) is 2.94. The highest BCUT2D eigenvalue weighted by Gasteiger charge is 2.70. The first-order valence-corrected chi connectivity index (χ1v) is 11.7. The minimum atomic E-state index is -1.43. The first kappa shape index (κ1) is 22.2. The molecule has 3 aliphatic heterocycles. The number of carbonyl (C=O) groups excluding carboxylic acids is 3. The number of nitrogens with zero attached hydrogens (tertiary/aromatic N) is 1. The van der Waals surface area contributed by atoms with Crippen LogP contribution in [-0.4, -0.2) is 36.7 Å². The van der Waals surface area contributed by atoms with Crippen LogP contribution in [0.4, 0.5) is 15.8 Å². The Labute approximate surface area is 207 Å². The second kappa shape index (κ2) is 7.88. The van der Waals surface area contributed by atoms with Gasteiger partial charge in [0.1, 0.15) is 17.0 Å². The van der Waals surface area contributed by atoms with Gasteiger partial charge in [-0.2, -0.15) is 0 Å². The molecule has 0 saturated carbocycles. The van der Waals surface area contributed by atoms with Gasteiger partial charge in [0.05, 0.1) is 30.7 Å². The molecule has 0 aromatic heterocycles. The summed E-state index contributed by atoms with van der Waals surface area (Å²) < 4.78 is 20.3. The van der Waals surface area contributed by atoms with Crippen LogP contribution in [-0.2, 0) is 15.0 Å². The zero-order valence-electron chi connectivity index (χ0n) is 19.7. The maximum Gasteiger partial charge on any atom is 0.238 e. The molecular weight excluding hydrogens is 459 g/mol. The zero-order valence-corrected chi connectivity index (χ0v) is 19.7. The second-order valence-electron chi connectivity index (χ2n) is 9.38. The molecule has 3 aromatic rings. The van der Waals surface area contributed by atoms with Crippen molar-refractivity contribution < 1.29 is 23.5 Å². The van der Waals surface area contributed by atoms with Gasteiger partial charge in [-0.1, -0.05) is 42.5 Å². The van der Waals surface area contributed by atoms with Gasteiger partial charge >= 0.3 is 0 Å². The lowest BCUT2D eigenvalue weighted by Gasteiger charge is -2.37. The summed E-state index contributed by atoms with van der Waals surface area (Å²) in [6.45, 7) is 1.42. The van der Waals surface area contributed by atoms with E-state index >= 15 is 0 Å². The molecule has 6 nitrogen and oxygen atoms in total. The number of anilines is 2. The molecule has 6 rings (SSSR count). The lowest BCUT2D eigenvalue weighted by atomic mass is 9.64. The summed E-state index contributed by atoms with van der Waals surface area (Å²) in [7, 11) is 1.57. The smallest absolute Gasteiger partial charge is 0.238 e. The molecule has 3 aliphatic rings. The first-order valence-electron chi connectivity index (χ1n) is 11.7. The number of fused-ring (bicyclic) bond motifs is 6. The molecule has 1 fully saturated rings. The molecule has 36 heavy (non-hydrogen) atoms. The fourth-order valence-electron chi connectivity index (χ4n) is 6.27. The standard InChI is InChI=1S/C29H23FN2O4/c1-16(33)26-25(27(34)19-7-3-5-9-21(19)30)29(20-8-4-6-10-22(20)31-28(29)35)24-14-11-17-15-18(36-2)12-13-23(17)32(24)26/h3-15,24-26H,1-2H3,(H,31,35)/t24-,25+,26+,29-/m1/s1. The molecule has 1 spiro atoms. The Balaban J connectivity index is 1.66. The number of nitrogens with one attached hydrogen (secondary N) is 1. The predicted octanol–water partition coefficient (Wildman–Crippen LogP) is 4.40. The molecule has 180 valence electrons. The van der Waals surface area contributed by atoms with E-state index < -0.39 is 35.0 Å². The van der Waals surface area contributed by atoms with Gasteiger partial charge in [0.25, 0.3) is 0 Å². The summed E-state index contributed by atoms with van der Waals surface area (Å²) in [4.78, 5) is 43.4. The summed E-state index contributed by atoms with van der Waals surface area (Å²) in [6, 6.07) is 16.8. The van der Waals surface area contributed by atoms with Crippen LogP contribution in [0.3, 0.4) is 0 Å². The van der Waals surface area contributed by atoms with E-state index in [9.17, 15) is 18.8 Å². The lowest BCUT2D eigenvalue weighted by Crippen LogP contribution is -2.51. The van der Waals surface area contributed by atoms with Gasteiger partial charge in [-0.3, -0.25) is 14.4 Å². The summed E-state index contributed by atoms with van der Waals surface area (Å²) in [5.74, 6) is -2.42. The van der Waals surface area contributed by atoms with Gasteiger partial charge in [0.15, 0.2) is 11.6 Å². The zero-order chi connectivity index (χ0) is 25.2. The predicted molar refractivity (Wildman–Crippen MR) is 134 cm³/mol. The fraction of sp³-hybridized carbons (Fsp3) is 0.207. The highest BCUT2D eigenvalue weighted by molar-refractivity contribution is 6.16. The maximum absolute atomic E-state index is 14.9. The number of Topliss-reactive ketones (excluding diaryl/α,β-unsaturated/α-hetero) is 2. The molecule has 4 atom stereocenters. The number of para-hydroxylation sites is 1. The maximum atomic E-state index is 14.9. The third kappa shape index (κ3) is 2.80. The Morgan fingerprint density at radius 3 is 2.56 bits per heavy atom. The molecule has 0 unspecified atom stereocenters. The summed E-state index contributed by atoms with van der Waals surface area (Å²) >= 11 is 0. The SMILES string of the molecule is COc1ccc2c(c1)C=C[C@H]1N2[C@@H](C(C)=O)[C@@H](C(=O)c2ccccc2F)[C@]12C(=O)Nc1ccccc12. The van der Waals surface area contributed by atoms with E-state index in [1.165, 1.54) is 25.1 Å². The van der Waals surface area contributed by atoms with E-state index in [1.807, 2.05) is 41.3 Å². The van der Waals surface area contributed by atoms with Crippen LogP contribution in [0, 0.1) is 11.7 Å². The topological polar surface area (TPSA) is 75.7 Å². The lowest BCUT2D eigenvalue weighted by molar-refractivity contribution is -0.122. The van der Waals surface area contributed by atoms with Crippen LogP contribution < -0.4 is 15.0 Å². The van der Waals surface area contributed by atoms with Crippen LogP contribution in [0.5, 0.6) is 5.75 Å². The first-order chi connectivity index (χ1) is 17.4. The Morgan fingerprint density at radius 1 is 1.06 bits per heavy atom. The number of benzene rings is 3. The number of hydrogen-bond acceptors (Lipinski definition) is 5. The molecule has 0 radical (unpaired) electrons. The van der Waals surface area contributed by atoms with Gasteiger partial charge in [0.2, 0.25) is 5.91 Å². The largest absolute Gasteiger partial charge is 0.497 e. The van der Waals surface area contributed by atoms with Gasteiger partial charge in [-0.05, 0) is 48.9 Å². The second-order valence-corrected chi connectivity index (χ2v) is 9.38. The van der Waals surface area contributed by atoms with Gasteiger partial charge in [-0.15, -0.1) is 0 Å². The quantitative estimate of drug-likeness (QED) is 0.558. The van der Waals surface area contributed by atoms with Gasteiger partial charge < -0.3 is 15.0 Å². The molecule has 0 aliphatic carbocycles. The Morgan fingerprint density at radius 2 is 1.81 bits per heavy atom. The minimum Gasteiger partial charge on any atom is -0.497 e. The highest BCUT2D eigenvalue weighted by atomic mass is 19.1. The van der Waals surface area contributed by atoms with Gasteiger partial charge in [0, 0.05) is 16.9 Å². The van der Waals surface area contributed by atoms with E-state index in [0.29, 0.717) is 22.7 Å². The van der Waals surface area contributed by atoms with Crippen LogP contribution in [0.1, 0.15) is 28.4 Å². The van der Waals surface area contributed by atoms with E-state index in [1.54, 1.807) is 31.4 Å². The van der Waals surface area contributed by atoms with Crippen LogP contribution in [0.2, 0.25) is 0 Å². The number of halogens is 1. The van der Waals surface area contributed by atoms with Crippen molar-refractivity contribution in [3.63, 3.8) is 0 Å².